The Hall–Kier alpha value is -2.54. The summed E-state index contributed by atoms with van der Waals surface area (Å²) in [5.41, 5.74) is 1.50. The zero-order valence-corrected chi connectivity index (χ0v) is 18.3. The largest absolute Gasteiger partial charge is 0.469 e. The maximum atomic E-state index is 14.2. The van der Waals surface area contributed by atoms with Crippen molar-refractivity contribution in [3.63, 3.8) is 0 Å². The third kappa shape index (κ3) is 8.25. The summed E-state index contributed by atoms with van der Waals surface area (Å²) in [6.07, 6.45) is -3.09. The Morgan fingerprint density at radius 2 is 1.29 bits per heavy atom. The van der Waals surface area contributed by atoms with Crippen LogP contribution in [-0.4, -0.2) is 38.5 Å². The topological polar surface area (TPSA) is 88.1 Å². The van der Waals surface area contributed by atoms with Gasteiger partial charge in [0, 0.05) is 6.42 Å². The number of carbonyl (C=O) groups is 2. The van der Waals surface area contributed by atoms with Crippen LogP contribution in [0.5, 0.6) is 0 Å². The molecule has 0 aliphatic heterocycles. The van der Waals surface area contributed by atoms with Crippen molar-refractivity contribution in [2.45, 2.75) is 25.8 Å². The summed E-state index contributed by atoms with van der Waals surface area (Å²) in [6, 6.07) is 18.0. The number of benzene rings is 2. The number of rotatable bonds is 12. The molecule has 0 bridgehead atoms. The maximum absolute atomic E-state index is 14.2. The van der Waals surface area contributed by atoms with Gasteiger partial charge in [-0.1, -0.05) is 60.7 Å². The average Bonchev–Trinajstić information content (AvgIpc) is 2.81. The number of carbonyl (C=O) groups excluding carboxylic acids is 2. The predicted octanol–water partition coefficient (Wildman–Crippen LogP) is 4.30. The van der Waals surface area contributed by atoms with E-state index < -0.39 is 44.2 Å². The van der Waals surface area contributed by atoms with E-state index in [1.165, 1.54) is 0 Å². The molecule has 0 aliphatic carbocycles. The molecule has 9 heteroatoms. The van der Waals surface area contributed by atoms with Crippen molar-refractivity contribution in [3.8, 4) is 0 Å². The van der Waals surface area contributed by atoms with E-state index in [1.54, 1.807) is 48.5 Å². The summed E-state index contributed by atoms with van der Waals surface area (Å²) < 4.78 is 48.0. The number of methoxy groups -OCH3 is 2. The van der Waals surface area contributed by atoms with Crippen LogP contribution in [0.15, 0.2) is 60.7 Å². The van der Waals surface area contributed by atoms with Crippen molar-refractivity contribution in [3.05, 3.63) is 71.8 Å². The quantitative estimate of drug-likeness (QED) is 0.350. The number of hydrogen-bond donors (Lipinski definition) is 0. The van der Waals surface area contributed by atoms with Gasteiger partial charge in [0.25, 0.3) is 0 Å². The van der Waals surface area contributed by atoms with Gasteiger partial charge in [-0.05, 0) is 11.1 Å². The molecule has 0 amide bonds. The fraction of sp³-hybridized carbons (Fsp3) is 0.364. The second-order valence-electron chi connectivity index (χ2n) is 6.76. The highest BCUT2D eigenvalue weighted by Gasteiger charge is 2.37. The van der Waals surface area contributed by atoms with Crippen molar-refractivity contribution in [1.29, 1.82) is 0 Å². The Labute approximate surface area is 181 Å². The first-order valence-electron chi connectivity index (χ1n) is 9.62. The maximum Gasteiger partial charge on any atom is 0.340 e. The van der Waals surface area contributed by atoms with E-state index in [9.17, 15) is 18.5 Å². The van der Waals surface area contributed by atoms with E-state index in [-0.39, 0.29) is 13.2 Å². The zero-order chi connectivity index (χ0) is 22.7. The Morgan fingerprint density at radius 3 is 1.71 bits per heavy atom. The molecular formula is C22H26FO7P. The predicted molar refractivity (Wildman–Crippen MR) is 112 cm³/mol. The van der Waals surface area contributed by atoms with Gasteiger partial charge in [-0.2, -0.15) is 0 Å². The van der Waals surface area contributed by atoms with Crippen molar-refractivity contribution in [1.82, 2.24) is 0 Å². The van der Waals surface area contributed by atoms with Gasteiger partial charge in [-0.3, -0.25) is 9.36 Å². The van der Waals surface area contributed by atoms with Crippen LogP contribution in [0.25, 0.3) is 0 Å². The highest BCUT2D eigenvalue weighted by atomic mass is 31.2. The van der Waals surface area contributed by atoms with Crippen molar-refractivity contribution in [2.75, 3.05) is 20.4 Å². The summed E-state index contributed by atoms with van der Waals surface area (Å²) in [7, 11) is -1.72. The SMILES string of the molecule is COC(=O)C(C[C@H](F)C(=O)OC)CP(=O)(OCc1ccccc1)OCc1ccccc1. The van der Waals surface area contributed by atoms with Gasteiger partial charge in [0.15, 0.2) is 6.17 Å². The summed E-state index contributed by atoms with van der Waals surface area (Å²) in [5.74, 6) is -3.17. The molecule has 0 heterocycles. The van der Waals surface area contributed by atoms with Crippen LogP contribution in [0.3, 0.4) is 0 Å². The average molecular weight is 452 g/mol. The molecule has 1 unspecified atom stereocenters. The lowest BCUT2D eigenvalue weighted by Crippen LogP contribution is -2.28. The second kappa shape index (κ2) is 12.3. The summed E-state index contributed by atoms with van der Waals surface area (Å²) >= 11 is 0. The lowest BCUT2D eigenvalue weighted by molar-refractivity contribution is -0.150. The molecule has 0 N–H and O–H groups in total. The van der Waals surface area contributed by atoms with E-state index in [0.29, 0.717) is 0 Å². The van der Waals surface area contributed by atoms with Crippen molar-refractivity contribution in [2.24, 2.45) is 5.92 Å². The minimum Gasteiger partial charge on any atom is -0.469 e. The first kappa shape index (κ1) is 24.7. The van der Waals surface area contributed by atoms with Gasteiger partial charge in [-0.15, -0.1) is 0 Å². The van der Waals surface area contributed by atoms with Crippen LogP contribution in [0.4, 0.5) is 4.39 Å². The van der Waals surface area contributed by atoms with E-state index in [1.807, 2.05) is 12.1 Å². The van der Waals surface area contributed by atoms with Crippen LogP contribution in [-0.2, 0) is 45.9 Å². The molecule has 0 saturated heterocycles. The first-order chi connectivity index (χ1) is 14.9. The first-order valence-corrected chi connectivity index (χ1v) is 11.4. The van der Waals surface area contributed by atoms with Gasteiger partial charge in [0.05, 0.1) is 39.5 Å². The number of ether oxygens (including phenoxy) is 2. The minimum atomic E-state index is -3.89. The molecule has 168 valence electrons. The van der Waals surface area contributed by atoms with Crippen molar-refractivity contribution < 1.29 is 37.1 Å². The molecule has 0 aromatic heterocycles. The lowest BCUT2D eigenvalue weighted by atomic mass is 10.0. The van der Waals surface area contributed by atoms with Gasteiger partial charge < -0.3 is 18.5 Å². The van der Waals surface area contributed by atoms with Crippen LogP contribution < -0.4 is 0 Å². The van der Waals surface area contributed by atoms with Gasteiger partial charge >= 0.3 is 19.5 Å². The van der Waals surface area contributed by atoms with Crippen LogP contribution in [0, 0.1) is 5.92 Å². The smallest absolute Gasteiger partial charge is 0.340 e. The molecule has 0 spiro atoms. The molecule has 0 fully saturated rings. The van der Waals surface area contributed by atoms with Crippen LogP contribution in [0.1, 0.15) is 17.5 Å². The van der Waals surface area contributed by atoms with Gasteiger partial charge in [0.2, 0.25) is 0 Å². The summed E-state index contributed by atoms with van der Waals surface area (Å²) in [5, 5.41) is 0. The Balaban J connectivity index is 2.19. The number of hydrogen-bond acceptors (Lipinski definition) is 7. The van der Waals surface area contributed by atoms with E-state index in [0.717, 1.165) is 25.3 Å². The van der Waals surface area contributed by atoms with E-state index in [2.05, 4.69) is 4.74 Å². The Bertz CT molecular complexity index is 828. The Morgan fingerprint density at radius 1 is 0.839 bits per heavy atom. The second-order valence-corrected chi connectivity index (χ2v) is 8.86. The molecular weight excluding hydrogens is 426 g/mol. The molecule has 0 saturated carbocycles. The number of esters is 2. The Kier molecular flexibility index (Phi) is 9.85. The van der Waals surface area contributed by atoms with E-state index >= 15 is 0 Å². The molecule has 7 nitrogen and oxygen atoms in total. The van der Waals surface area contributed by atoms with Gasteiger partial charge in [-0.25, -0.2) is 9.18 Å². The highest BCUT2D eigenvalue weighted by molar-refractivity contribution is 7.53. The third-order valence-electron chi connectivity index (χ3n) is 4.47. The molecule has 31 heavy (non-hydrogen) atoms. The zero-order valence-electron chi connectivity index (χ0n) is 17.4. The minimum absolute atomic E-state index is 0.0309. The monoisotopic (exact) mass is 452 g/mol. The molecule has 2 aromatic carbocycles. The van der Waals surface area contributed by atoms with Crippen LogP contribution in [0.2, 0.25) is 0 Å². The summed E-state index contributed by atoms with van der Waals surface area (Å²) in [4.78, 5) is 23.7. The molecule has 0 aliphatic rings. The van der Waals surface area contributed by atoms with Crippen molar-refractivity contribution >= 4 is 19.5 Å². The molecule has 2 aromatic rings. The molecule has 2 atom stereocenters. The molecule has 0 radical (unpaired) electrons. The number of alkyl halides is 1. The summed E-state index contributed by atoms with van der Waals surface area (Å²) in [6.45, 7) is -0.0618. The lowest BCUT2D eigenvalue weighted by Gasteiger charge is -2.23. The highest BCUT2D eigenvalue weighted by Crippen LogP contribution is 2.52. The van der Waals surface area contributed by atoms with Gasteiger partial charge in [0.1, 0.15) is 0 Å². The third-order valence-corrected chi connectivity index (χ3v) is 6.40. The number of halogens is 1. The standard InChI is InChI=1S/C22H26FO7P/c1-27-21(24)19(13-20(23)22(25)28-2)16-31(26,29-14-17-9-5-3-6-10-17)30-15-18-11-7-4-8-12-18/h3-12,19-20H,13-16H2,1-2H3/t19?,20-/m0/s1. The molecule has 2 rings (SSSR count). The fourth-order valence-corrected chi connectivity index (χ4v) is 4.61. The fourth-order valence-electron chi connectivity index (χ4n) is 2.79. The van der Waals surface area contributed by atoms with E-state index in [4.69, 9.17) is 13.8 Å². The normalized spacial score (nSPS) is 13.3. The van der Waals surface area contributed by atoms with Crippen LogP contribution >= 0.6 is 7.60 Å².